The molecule has 0 saturated carbocycles. The van der Waals surface area contributed by atoms with Crippen molar-refractivity contribution in [2.45, 2.75) is 31.7 Å². The van der Waals surface area contributed by atoms with Crippen LogP contribution >= 0.6 is 0 Å². The van der Waals surface area contributed by atoms with Crippen molar-refractivity contribution in [3.8, 4) is 0 Å². The molecule has 5 nitrogen and oxygen atoms in total. The fraction of sp³-hybridized carbons (Fsp3) is 1.00. The van der Waals surface area contributed by atoms with E-state index in [0.29, 0.717) is 6.54 Å². The third-order valence-corrected chi connectivity index (χ3v) is 4.00. The first-order valence-electron chi connectivity index (χ1n) is 5.98. The SMILES string of the molecule is CCC(N)(CO)CCCN(C)CCS(C)(=O)=O. The zero-order valence-electron chi connectivity index (χ0n) is 11.1. The van der Waals surface area contributed by atoms with Crippen molar-refractivity contribution < 1.29 is 13.5 Å². The van der Waals surface area contributed by atoms with E-state index in [9.17, 15) is 8.42 Å². The van der Waals surface area contributed by atoms with Gasteiger partial charge in [-0.05, 0) is 32.9 Å². The zero-order valence-corrected chi connectivity index (χ0v) is 12.0. The van der Waals surface area contributed by atoms with E-state index in [2.05, 4.69) is 0 Å². The zero-order chi connectivity index (χ0) is 13.5. The molecular formula is C11H26N2O3S. The van der Waals surface area contributed by atoms with Crippen molar-refractivity contribution in [2.75, 3.05) is 38.8 Å². The molecule has 3 N–H and O–H groups in total. The first-order valence-corrected chi connectivity index (χ1v) is 8.04. The predicted molar refractivity (Wildman–Crippen MR) is 70.7 cm³/mol. The number of hydrogen-bond donors (Lipinski definition) is 2. The van der Waals surface area contributed by atoms with Crippen LogP contribution in [0.5, 0.6) is 0 Å². The topological polar surface area (TPSA) is 83.6 Å². The Morgan fingerprint density at radius 3 is 2.35 bits per heavy atom. The summed E-state index contributed by atoms with van der Waals surface area (Å²) in [5.41, 5.74) is 5.47. The molecule has 0 fully saturated rings. The minimum Gasteiger partial charge on any atom is -0.394 e. The Labute approximate surface area is 105 Å². The van der Waals surface area contributed by atoms with Crippen LogP contribution in [-0.2, 0) is 9.84 Å². The van der Waals surface area contributed by atoms with Crippen molar-refractivity contribution in [1.29, 1.82) is 0 Å². The molecule has 0 radical (unpaired) electrons. The fourth-order valence-corrected chi connectivity index (χ4v) is 2.15. The van der Waals surface area contributed by atoms with E-state index in [0.717, 1.165) is 25.8 Å². The molecule has 0 amide bonds. The maximum Gasteiger partial charge on any atom is 0.148 e. The van der Waals surface area contributed by atoms with Crippen molar-refractivity contribution in [1.82, 2.24) is 4.90 Å². The van der Waals surface area contributed by atoms with E-state index in [1.807, 2.05) is 18.9 Å². The number of aliphatic hydroxyl groups is 1. The molecule has 1 atom stereocenters. The standard InChI is InChI=1S/C11H26N2O3S/c1-4-11(12,10-14)6-5-7-13(2)8-9-17(3,15)16/h14H,4-10,12H2,1-3H3. The van der Waals surface area contributed by atoms with E-state index in [-0.39, 0.29) is 12.4 Å². The van der Waals surface area contributed by atoms with E-state index >= 15 is 0 Å². The minimum atomic E-state index is -2.89. The first kappa shape index (κ1) is 16.8. The van der Waals surface area contributed by atoms with Gasteiger partial charge in [-0.3, -0.25) is 0 Å². The maximum atomic E-state index is 11.0. The molecular weight excluding hydrogens is 240 g/mol. The third-order valence-electron chi connectivity index (χ3n) is 3.08. The van der Waals surface area contributed by atoms with Crippen LogP contribution < -0.4 is 5.73 Å². The molecule has 104 valence electrons. The Kier molecular flexibility index (Phi) is 7.23. The number of sulfone groups is 1. The van der Waals surface area contributed by atoms with Crippen LogP contribution in [0.4, 0.5) is 0 Å². The Morgan fingerprint density at radius 1 is 1.35 bits per heavy atom. The van der Waals surface area contributed by atoms with Crippen molar-refractivity contribution in [2.24, 2.45) is 5.73 Å². The smallest absolute Gasteiger partial charge is 0.148 e. The molecule has 0 aliphatic heterocycles. The molecule has 0 aromatic heterocycles. The second-order valence-corrected chi connectivity index (χ2v) is 7.17. The van der Waals surface area contributed by atoms with E-state index < -0.39 is 15.4 Å². The third kappa shape index (κ3) is 8.54. The van der Waals surface area contributed by atoms with Crippen molar-refractivity contribution in [3.05, 3.63) is 0 Å². The molecule has 17 heavy (non-hydrogen) atoms. The summed E-state index contributed by atoms with van der Waals surface area (Å²) in [7, 11) is -0.991. The van der Waals surface area contributed by atoms with Crippen LogP contribution in [0.3, 0.4) is 0 Å². The van der Waals surface area contributed by atoms with Gasteiger partial charge < -0.3 is 15.7 Å². The lowest BCUT2D eigenvalue weighted by molar-refractivity contribution is 0.175. The average Bonchev–Trinajstić information content (AvgIpc) is 2.25. The Hall–Kier alpha value is -0.170. The van der Waals surface area contributed by atoms with Gasteiger partial charge in [0, 0.05) is 18.3 Å². The van der Waals surface area contributed by atoms with E-state index in [1.165, 1.54) is 6.26 Å². The fourth-order valence-electron chi connectivity index (χ4n) is 1.50. The molecule has 0 aromatic rings. The highest BCUT2D eigenvalue weighted by Gasteiger charge is 2.20. The Morgan fingerprint density at radius 2 is 1.94 bits per heavy atom. The van der Waals surface area contributed by atoms with Gasteiger partial charge in [0.1, 0.15) is 9.84 Å². The minimum absolute atomic E-state index is 0.00342. The van der Waals surface area contributed by atoms with E-state index in [1.54, 1.807) is 0 Å². The molecule has 0 aromatic carbocycles. The van der Waals surface area contributed by atoms with Gasteiger partial charge in [-0.15, -0.1) is 0 Å². The van der Waals surface area contributed by atoms with Crippen LogP contribution in [0.15, 0.2) is 0 Å². The first-order chi connectivity index (χ1) is 7.72. The van der Waals surface area contributed by atoms with Gasteiger partial charge in [-0.25, -0.2) is 8.42 Å². The predicted octanol–water partition coefficient (Wildman–Crippen LogP) is -0.157. The lowest BCUT2D eigenvalue weighted by Crippen LogP contribution is -2.43. The average molecular weight is 266 g/mol. The number of aliphatic hydroxyl groups excluding tert-OH is 1. The van der Waals surface area contributed by atoms with Crippen molar-refractivity contribution in [3.63, 3.8) is 0 Å². The van der Waals surface area contributed by atoms with Gasteiger partial charge in [0.2, 0.25) is 0 Å². The van der Waals surface area contributed by atoms with Crippen LogP contribution in [0.2, 0.25) is 0 Å². The summed E-state index contributed by atoms with van der Waals surface area (Å²) in [4.78, 5) is 1.98. The van der Waals surface area contributed by atoms with Gasteiger partial charge in [0.15, 0.2) is 0 Å². The lowest BCUT2D eigenvalue weighted by Gasteiger charge is -2.26. The monoisotopic (exact) mass is 266 g/mol. The van der Waals surface area contributed by atoms with Crippen LogP contribution in [0.25, 0.3) is 0 Å². The summed E-state index contributed by atoms with van der Waals surface area (Å²) in [5, 5.41) is 9.14. The van der Waals surface area contributed by atoms with E-state index in [4.69, 9.17) is 10.8 Å². The highest BCUT2D eigenvalue weighted by Crippen LogP contribution is 2.13. The molecule has 0 aliphatic carbocycles. The summed E-state index contributed by atoms with van der Waals surface area (Å²) in [6.07, 6.45) is 3.61. The summed E-state index contributed by atoms with van der Waals surface area (Å²) in [6.45, 7) is 3.30. The molecule has 0 saturated heterocycles. The summed E-state index contributed by atoms with van der Waals surface area (Å²) < 4.78 is 22.0. The maximum absolute atomic E-state index is 11.0. The molecule has 0 spiro atoms. The number of nitrogens with two attached hydrogens (primary N) is 1. The molecule has 6 heteroatoms. The highest BCUT2D eigenvalue weighted by atomic mass is 32.2. The summed E-state index contributed by atoms with van der Waals surface area (Å²) in [6, 6.07) is 0. The second-order valence-electron chi connectivity index (χ2n) is 4.91. The quantitative estimate of drug-likeness (QED) is 0.606. The van der Waals surface area contributed by atoms with Crippen LogP contribution in [0, 0.1) is 0 Å². The number of rotatable bonds is 9. The van der Waals surface area contributed by atoms with Crippen LogP contribution in [0.1, 0.15) is 26.2 Å². The Balaban J connectivity index is 3.82. The lowest BCUT2D eigenvalue weighted by atomic mass is 9.92. The van der Waals surface area contributed by atoms with Gasteiger partial charge in [0.25, 0.3) is 0 Å². The normalized spacial score (nSPS) is 16.1. The van der Waals surface area contributed by atoms with Gasteiger partial charge in [0.05, 0.1) is 12.4 Å². The van der Waals surface area contributed by atoms with Gasteiger partial charge in [-0.1, -0.05) is 6.92 Å². The summed E-state index contributed by atoms with van der Waals surface area (Å²) >= 11 is 0. The molecule has 0 bridgehead atoms. The number of hydrogen-bond acceptors (Lipinski definition) is 5. The molecule has 0 rings (SSSR count). The van der Waals surface area contributed by atoms with Gasteiger partial charge in [-0.2, -0.15) is 0 Å². The van der Waals surface area contributed by atoms with Crippen LogP contribution in [-0.4, -0.2) is 62.7 Å². The van der Waals surface area contributed by atoms with Crippen molar-refractivity contribution >= 4 is 9.84 Å². The highest BCUT2D eigenvalue weighted by molar-refractivity contribution is 7.90. The van der Waals surface area contributed by atoms with Gasteiger partial charge >= 0.3 is 0 Å². The largest absolute Gasteiger partial charge is 0.394 e. The molecule has 0 aliphatic rings. The summed E-state index contributed by atoms with van der Waals surface area (Å²) in [5.74, 6) is 0.186. The Bertz CT molecular complexity index is 300. The molecule has 0 heterocycles. The molecule has 1 unspecified atom stereocenters. The number of nitrogens with zero attached hydrogens (tertiary/aromatic N) is 1. The second kappa shape index (κ2) is 7.31.